The van der Waals surface area contributed by atoms with Gasteiger partial charge in [-0.1, -0.05) is 59.6 Å². The summed E-state index contributed by atoms with van der Waals surface area (Å²) in [4.78, 5) is 16.9. The molecule has 0 saturated heterocycles. The number of aromatic nitrogens is 1. The highest BCUT2D eigenvalue weighted by atomic mass is 35.5. The fourth-order valence-corrected chi connectivity index (χ4v) is 7.40. The van der Waals surface area contributed by atoms with Crippen molar-refractivity contribution in [1.82, 2.24) is 14.6 Å². The first-order valence-electron chi connectivity index (χ1n) is 12.7. The van der Waals surface area contributed by atoms with Crippen LogP contribution in [0.4, 0.5) is 4.39 Å². The molecule has 0 spiro atoms. The first kappa shape index (κ1) is 29.9. The fraction of sp³-hybridized carbons (Fsp3) is 0.133. The number of amides is 1. The van der Waals surface area contributed by atoms with E-state index in [0.717, 1.165) is 25.6 Å². The lowest BCUT2D eigenvalue weighted by Gasteiger charge is -2.23. The van der Waals surface area contributed by atoms with Gasteiger partial charge < -0.3 is 10.4 Å². The number of carbonyl (C=O) groups is 1. The summed E-state index contributed by atoms with van der Waals surface area (Å²) in [5.41, 5.74) is 2.45. The number of phenols is 1. The van der Waals surface area contributed by atoms with E-state index < -0.39 is 26.5 Å². The molecule has 0 aliphatic rings. The molecular weight excluding hydrogens is 620 g/mol. The van der Waals surface area contributed by atoms with E-state index in [-0.39, 0.29) is 29.0 Å². The molecule has 12 heteroatoms. The number of aromatic hydroxyl groups is 1. The van der Waals surface area contributed by atoms with Crippen LogP contribution in [0.1, 0.15) is 26.5 Å². The number of thiazole rings is 1. The van der Waals surface area contributed by atoms with Crippen LogP contribution in [-0.4, -0.2) is 35.3 Å². The molecule has 5 rings (SSSR count). The average molecular weight is 645 g/mol. The zero-order valence-electron chi connectivity index (χ0n) is 21.9. The standard InChI is InChI=1S/C30H24Cl2FN3O4S2/c31-22-15-24(32)29(37)27(16-22)42(39,40)36(18-20-7-11-23(33)12-8-20)17-19-5-9-21(10-6-19)30(38)34-14-13-28-35-25-3-1-2-4-26(25)41-28/h1-12,15-16,37H,13-14,17-18H2,(H,34,38). The minimum Gasteiger partial charge on any atom is -0.505 e. The summed E-state index contributed by atoms with van der Waals surface area (Å²) in [6.07, 6.45) is 0.597. The molecule has 5 aromatic rings. The van der Waals surface area contributed by atoms with Crippen LogP contribution in [0.5, 0.6) is 5.75 Å². The minimum atomic E-state index is -4.32. The van der Waals surface area contributed by atoms with E-state index in [0.29, 0.717) is 29.7 Å². The Hall–Kier alpha value is -3.54. The molecule has 7 nitrogen and oxygen atoms in total. The van der Waals surface area contributed by atoms with Gasteiger partial charge in [0.15, 0.2) is 5.75 Å². The highest BCUT2D eigenvalue weighted by Gasteiger charge is 2.29. The second kappa shape index (κ2) is 12.8. The lowest BCUT2D eigenvalue weighted by Crippen LogP contribution is -2.30. The number of hydrogen-bond acceptors (Lipinski definition) is 6. The van der Waals surface area contributed by atoms with Gasteiger partial charge in [0.2, 0.25) is 10.0 Å². The third-order valence-electron chi connectivity index (χ3n) is 6.42. The van der Waals surface area contributed by atoms with E-state index in [1.807, 2.05) is 24.3 Å². The number of phenolic OH excluding ortho intramolecular Hbond substituents is 1. The molecular formula is C30H24Cl2FN3O4S2. The Balaban J connectivity index is 1.31. The zero-order chi connectivity index (χ0) is 29.9. The third-order valence-corrected chi connectivity index (χ3v) is 9.83. The van der Waals surface area contributed by atoms with Crippen molar-refractivity contribution < 1.29 is 22.7 Å². The fourth-order valence-electron chi connectivity index (χ4n) is 4.27. The van der Waals surface area contributed by atoms with E-state index in [1.165, 1.54) is 30.3 Å². The minimum absolute atomic E-state index is 0.0385. The van der Waals surface area contributed by atoms with Gasteiger partial charge in [-0.2, -0.15) is 4.31 Å². The summed E-state index contributed by atoms with van der Waals surface area (Å²) in [5.74, 6) is -1.35. The van der Waals surface area contributed by atoms with Gasteiger partial charge in [-0.05, 0) is 59.7 Å². The number of sulfonamides is 1. The number of nitrogens with one attached hydrogen (secondary N) is 1. The quantitative estimate of drug-likeness (QED) is 0.174. The van der Waals surface area contributed by atoms with E-state index >= 15 is 0 Å². The van der Waals surface area contributed by atoms with Crippen molar-refractivity contribution in [3.63, 3.8) is 0 Å². The van der Waals surface area contributed by atoms with Gasteiger partial charge in [-0.25, -0.2) is 17.8 Å². The average Bonchev–Trinajstić information content (AvgIpc) is 3.39. The normalized spacial score (nSPS) is 11.7. The van der Waals surface area contributed by atoms with Crippen molar-refractivity contribution in [1.29, 1.82) is 0 Å². The molecule has 0 radical (unpaired) electrons. The summed E-state index contributed by atoms with van der Waals surface area (Å²) in [6, 6.07) is 22.2. The van der Waals surface area contributed by atoms with Gasteiger partial charge in [0.05, 0.1) is 20.2 Å². The van der Waals surface area contributed by atoms with E-state index in [2.05, 4.69) is 10.3 Å². The van der Waals surface area contributed by atoms with Crippen LogP contribution >= 0.6 is 34.5 Å². The Labute approximate surface area is 256 Å². The van der Waals surface area contributed by atoms with Gasteiger partial charge in [-0.3, -0.25) is 4.79 Å². The molecule has 0 saturated carbocycles. The van der Waals surface area contributed by atoms with Crippen LogP contribution in [0.2, 0.25) is 10.0 Å². The Morgan fingerprint density at radius 2 is 1.60 bits per heavy atom. The van der Waals surface area contributed by atoms with Crippen molar-refractivity contribution in [2.24, 2.45) is 0 Å². The number of carbonyl (C=O) groups excluding carboxylic acids is 1. The first-order chi connectivity index (χ1) is 20.1. The maximum absolute atomic E-state index is 13.7. The lowest BCUT2D eigenvalue weighted by atomic mass is 10.1. The second-order valence-electron chi connectivity index (χ2n) is 9.41. The molecule has 1 aromatic heterocycles. The summed E-state index contributed by atoms with van der Waals surface area (Å²) in [6.45, 7) is 0.179. The van der Waals surface area contributed by atoms with Gasteiger partial charge in [0.1, 0.15) is 10.7 Å². The predicted octanol–water partition coefficient (Wildman–Crippen LogP) is 6.81. The summed E-state index contributed by atoms with van der Waals surface area (Å²) in [7, 11) is -4.32. The number of para-hydroxylation sites is 1. The second-order valence-corrected chi connectivity index (χ2v) is 13.3. The van der Waals surface area contributed by atoms with Crippen LogP contribution in [-0.2, 0) is 29.5 Å². The van der Waals surface area contributed by atoms with Gasteiger partial charge in [0.25, 0.3) is 5.91 Å². The molecule has 0 unspecified atom stereocenters. The molecule has 0 atom stereocenters. The van der Waals surface area contributed by atoms with Crippen molar-refractivity contribution in [3.8, 4) is 5.75 Å². The Bertz CT molecular complexity index is 1810. The molecule has 0 aliphatic heterocycles. The number of rotatable bonds is 10. The van der Waals surface area contributed by atoms with Crippen LogP contribution < -0.4 is 5.32 Å². The topological polar surface area (TPSA) is 99.6 Å². The molecule has 0 fully saturated rings. The van der Waals surface area contributed by atoms with Gasteiger partial charge in [-0.15, -0.1) is 11.3 Å². The van der Waals surface area contributed by atoms with E-state index in [4.69, 9.17) is 23.2 Å². The lowest BCUT2D eigenvalue weighted by molar-refractivity contribution is 0.0954. The van der Waals surface area contributed by atoms with Crippen molar-refractivity contribution in [2.45, 2.75) is 24.4 Å². The summed E-state index contributed by atoms with van der Waals surface area (Å²) in [5, 5.41) is 14.1. The molecule has 216 valence electrons. The summed E-state index contributed by atoms with van der Waals surface area (Å²) >= 11 is 13.6. The first-order valence-corrected chi connectivity index (χ1v) is 15.8. The number of fused-ring (bicyclic) bond motifs is 1. The highest BCUT2D eigenvalue weighted by molar-refractivity contribution is 7.89. The number of hydrogen-bond donors (Lipinski definition) is 2. The molecule has 0 aliphatic carbocycles. The Kier molecular flexibility index (Phi) is 9.10. The van der Waals surface area contributed by atoms with Crippen LogP contribution in [0.15, 0.2) is 89.8 Å². The maximum atomic E-state index is 13.7. The molecule has 0 bridgehead atoms. The molecule has 2 N–H and O–H groups in total. The highest BCUT2D eigenvalue weighted by Crippen LogP contribution is 2.36. The summed E-state index contributed by atoms with van der Waals surface area (Å²) < 4.78 is 43.1. The van der Waals surface area contributed by atoms with Crippen molar-refractivity contribution in [3.05, 3.63) is 122 Å². The molecule has 1 amide bonds. The van der Waals surface area contributed by atoms with Crippen molar-refractivity contribution in [2.75, 3.05) is 6.54 Å². The number of halogens is 3. The number of benzene rings is 4. The molecule has 4 aromatic carbocycles. The Morgan fingerprint density at radius 1 is 0.952 bits per heavy atom. The van der Waals surface area contributed by atoms with Crippen LogP contribution in [0.3, 0.4) is 0 Å². The van der Waals surface area contributed by atoms with Crippen LogP contribution in [0, 0.1) is 5.82 Å². The smallest absolute Gasteiger partial charge is 0.251 e. The van der Waals surface area contributed by atoms with Gasteiger partial charge >= 0.3 is 0 Å². The van der Waals surface area contributed by atoms with E-state index in [1.54, 1.807) is 35.6 Å². The molecule has 1 heterocycles. The number of nitrogens with zero attached hydrogens (tertiary/aromatic N) is 2. The maximum Gasteiger partial charge on any atom is 0.251 e. The largest absolute Gasteiger partial charge is 0.505 e. The van der Waals surface area contributed by atoms with E-state index in [9.17, 15) is 22.7 Å². The Morgan fingerprint density at radius 3 is 2.26 bits per heavy atom. The SMILES string of the molecule is O=C(NCCc1nc2ccccc2s1)c1ccc(CN(Cc2ccc(F)cc2)S(=O)(=O)c2cc(Cl)cc(Cl)c2O)cc1. The third kappa shape index (κ3) is 6.91. The zero-order valence-corrected chi connectivity index (χ0v) is 25.1. The van der Waals surface area contributed by atoms with Gasteiger partial charge in [0, 0.05) is 36.6 Å². The molecule has 42 heavy (non-hydrogen) atoms. The monoisotopic (exact) mass is 643 g/mol. The van der Waals surface area contributed by atoms with Crippen molar-refractivity contribution >= 4 is 60.7 Å². The predicted molar refractivity (Wildman–Crippen MR) is 163 cm³/mol. The van der Waals surface area contributed by atoms with Crippen LogP contribution in [0.25, 0.3) is 10.2 Å².